The highest BCUT2D eigenvalue weighted by Crippen LogP contribution is 2.31. The second-order valence-corrected chi connectivity index (χ2v) is 5.55. The van der Waals surface area contributed by atoms with Gasteiger partial charge in [0.2, 0.25) is 0 Å². The van der Waals surface area contributed by atoms with Crippen LogP contribution in [-0.4, -0.2) is 42.5 Å². The third-order valence-electron chi connectivity index (χ3n) is 3.65. The van der Waals surface area contributed by atoms with E-state index in [4.69, 9.17) is 4.74 Å². The Bertz CT molecular complexity index is 625. The molecule has 0 bridgehead atoms. The fourth-order valence-electron chi connectivity index (χ4n) is 2.63. The van der Waals surface area contributed by atoms with Crippen LogP contribution >= 0.6 is 36.2 Å². The molecule has 1 N–H and O–H groups in total. The minimum absolute atomic E-state index is 0. The molecule has 1 unspecified atom stereocenters. The summed E-state index contributed by atoms with van der Waals surface area (Å²) in [6, 6.07) is 7.81. The van der Waals surface area contributed by atoms with E-state index in [2.05, 4.69) is 10.3 Å². The molecular formula is C15H19Cl2N3O2S. The van der Waals surface area contributed by atoms with E-state index in [-0.39, 0.29) is 36.8 Å². The molecule has 3 rings (SSSR count). The summed E-state index contributed by atoms with van der Waals surface area (Å²) < 4.78 is 5.44. The Morgan fingerprint density at radius 3 is 2.87 bits per heavy atom. The quantitative estimate of drug-likeness (QED) is 0.895. The number of hydrogen-bond donors (Lipinski definition) is 1. The predicted molar refractivity (Wildman–Crippen MR) is 96.3 cm³/mol. The first kappa shape index (κ1) is 19.7. The number of rotatable bonds is 3. The van der Waals surface area contributed by atoms with E-state index in [1.807, 2.05) is 29.2 Å². The summed E-state index contributed by atoms with van der Waals surface area (Å²) in [7, 11) is 1.65. The Hall–Kier alpha value is -1.34. The van der Waals surface area contributed by atoms with Gasteiger partial charge in [-0.1, -0.05) is 18.2 Å². The number of methoxy groups -OCH3 is 1. The van der Waals surface area contributed by atoms with Gasteiger partial charge in [-0.15, -0.1) is 36.2 Å². The van der Waals surface area contributed by atoms with Crippen LogP contribution in [-0.2, 0) is 0 Å². The molecule has 126 valence electrons. The second-order valence-electron chi connectivity index (χ2n) is 4.83. The summed E-state index contributed by atoms with van der Waals surface area (Å²) in [6.45, 7) is 2.18. The van der Waals surface area contributed by atoms with E-state index in [1.54, 1.807) is 18.0 Å². The Morgan fingerprint density at radius 1 is 1.39 bits per heavy atom. The van der Waals surface area contributed by atoms with Gasteiger partial charge in [-0.2, -0.15) is 0 Å². The largest absolute Gasteiger partial charge is 0.496 e. The monoisotopic (exact) mass is 375 g/mol. The van der Waals surface area contributed by atoms with E-state index in [0.717, 1.165) is 24.4 Å². The first-order chi connectivity index (χ1) is 10.3. The predicted octanol–water partition coefficient (Wildman–Crippen LogP) is 2.78. The van der Waals surface area contributed by atoms with Gasteiger partial charge in [0.1, 0.15) is 11.4 Å². The molecule has 0 aliphatic carbocycles. The summed E-state index contributed by atoms with van der Waals surface area (Å²) in [6.07, 6.45) is 0. The molecule has 1 aromatic carbocycles. The lowest BCUT2D eigenvalue weighted by molar-refractivity contribution is 0.0626. The summed E-state index contributed by atoms with van der Waals surface area (Å²) in [4.78, 5) is 18.7. The Balaban J connectivity index is 0.00000132. The molecule has 2 heterocycles. The van der Waals surface area contributed by atoms with Gasteiger partial charge < -0.3 is 15.0 Å². The fourth-order valence-corrected chi connectivity index (χ4v) is 3.16. The van der Waals surface area contributed by atoms with Crippen molar-refractivity contribution in [3.8, 4) is 5.75 Å². The smallest absolute Gasteiger partial charge is 0.273 e. The molecule has 1 aliphatic heterocycles. The maximum absolute atomic E-state index is 12.6. The number of halogens is 2. The molecule has 2 aromatic rings. The van der Waals surface area contributed by atoms with Crippen molar-refractivity contribution < 1.29 is 9.53 Å². The van der Waals surface area contributed by atoms with Crippen LogP contribution in [0.2, 0.25) is 0 Å². The molecule has 1 saturated heterocycles. The zero-order chi connectivity index (χ0) is 14.7. The van der Waals surface area contributed by atoms with Crippen LogP contribution in [0.25, 0.3) is 0 Å². The minimum Gasteiger partial charge on any atom is -0.496 e. The molecular weight excluding hydrogens is 357 g/mol. The van der Waals surface area contributed by atoms with E-state index in [0.29, 0.717) is 12.2 Å². The first-order valence-corrected chi connectivity index (χ1v) is 7.78. The zero-order valence-corrected chi connectivity index (χ0v) is 15.0. The third kappa shape index (κ3) is 4.14. The highest BCUT2D eigenvalue weighted by molar-refractivity contribution is 7.07. The molecule has 0 spiro atoms. The van der Waals surface area contributed by atoms with Gasteiger partial charge in [0.05, 0.1) is 18.7 Å². The summed E-state index contributed by atoms with van der Waals surface area (Å²) in [5.74, 6) is 0.788. The topological polar surface area (TPSA) is 54.5 Å². The summed E-state index contributed by atoms with van der Waals surface area (Å²) in [5.41, 5.74) is 3.23. The number of para-hydroxylation sites is 1. The molecule has 5 nitrogen and oxygen atoms in total. The molecule has 1 aromatic heterocycles. The summed E-state index contributed by atoms with van der Waals surface area (Å²) >= 11 is 1.44. The van der Waals surface area contributed by atoms with Gasteiger partial charge in [-0.3, -0.25) is 4.79 Å². The van der Waals surface area contributed by atoms with Gasteiger partial charge >= 0.3 is 0 Å². The van der Waals surface area contributed by atoms with Gasteiger partial charge in [0.25, 0.3) is 5.91 Å². The average molecular weight is 376 g/mol. The Kier molecular flexibility index (Phi) is 7.78. The molecule has 0 radical (unpaired) electrons. The van der Waals surface area contributed by atoms with E-state index < -0.39 is 0 Å². The van der Waals surface area contributed by atoms with Gasteiger partial charge in [0.15, 0.2) is 0 Å². The number of hydrogen-bond acceptors (Lipinski definition) is 5. The number of carbonyl (C=O) groups excluding carboxylic acids is 1. The standard InChI is InChI=1S/C15H17N3O2S.2ClH/c1-20-14-5-3-2-4-11(14)13-8-16-6-7-18(13)15(19)12-9-21-10-17-12;;/h2-5,9-10,13,16H,6-8H2,1H3;2*1H. The normalized spacial score (nSPS) is 16.9. The van der Waals surface area contributed by atoms with Gasteiger partial charge in [-0.25, -0.2) is 4.98 Å². The molecule has 1 atom stereocenters. The number of nitrogens with zero attached hydrogens (tertiary/aromatic N) is 2. The van der Waals surface area contributed by atoms with Crippen LogP contribution in [0, 0.1) is 0 Å². The number of thiazole rings is 1. The van der Waals surface area contributed by atoms with Crippen molar-refractivity contribution in [1.29, 1.82) is 0 Å². The highest BCUT2D eigenvalue weighted by Gasteiger charge is 2.31. The van der Waals surface area contributed by atoms with Crippen molar-refractivity contribution in [2.24, 2.45) is 0 Å². The number of carbonyl (C=O) groups is 1. The van der Waals surface area contributed by atoms with E-state index in [9.17, 15) is 4.79 Å². The number of ether oxygens (including phenoxy) is 1. The lowest BCUT2D eigenvalue weighted by Gasteiger charge is -2.36. The third-order valence-corrected chi connectivity index (χ3v) is 4.24. The molecule has 1 amide bonds. The zero-order valence-electron chi connectivity index (χ0n) is 12.6. The van der Waals surface area contributed by atoms with Crippen molar-refractivity contribution in [3.05, 3.63) is 46.4 Å². The SMILES string of the molecule is COc1ccccc1C1CNCCN1C(=O)c1cscn1.Cl.Cl. The van der Waals surface area contributed by atoms with Crippen LogP contribution in [0.15, 0.2) is 35.2 Å². The number of piperazine rings is 1. The maximum atomic E-state index is 12.6. The van der Waals surface area contributed by atoms with Crippen molar-refractivity contribution >= 4 is 42.1 Å². The number of aromatic nitrogens is 1. The Morgan fingerprint density at radius 2 is 2.17 bits per heavy atom. The van der Waals surface area contributed by atoms with Crippen LogP contribution in [0.3, 0.4) is 0 Å². The van der Waals surface area contributed by atoms with Crippen LogP contribution in [0.1, 0.15) is 22.1 Å². The van der Waals surface area contributed by atoms with Gasteiger partial charge in [0, 0.05) is 30.6 Å². The van der Waals surface area contributed by atoms with Crippen molar-refractivity contribution in [2.45, 2.75) is 6.04 Å². The number of amides is 1. The lowest BCUT2D eigenvalue weighted by Crippen LogP contribution is -2.48. The lowest BCUT2D eigenvalue weighted by atomic mass is 10.0. The Labute approximate surface area is 151 Å². The van der Waals surface area contributed by atoms with Crippen molar-refractivity contribution in [3.63, 3.8) is 0 Å². The highest BCUT2D eigenvalue weighted by atomic mass is 35.5. The fraction of sp³-hybridized carbons (Fsp3) is 0.333. The number of benzene rings is 1. The van der Waals surface area contributed by atoms with Crippen LogP contribution in [0.4, 0.5) is 0 Å². The number of nitrogens with one attached hydrogen (secondary N) is 1. The van der Waals surface area contributed by atoms with E-state index >= 15 is 0 Å². The van der Waals surface area contributed by atoms with Crippen molar-refractivity contribution in [2.75, 3.05) is 26.7 Å². The second kappa shape index (κ2) is 9.08. The molecule has 1 fully saturated rings. The average Bonchev–Trinajstić information content (AvgIpc) is 3.08. The molecule has 8 heteroatoms. The summed E-state index contributed by atoms with van der Waals surface area (Å²) in [5, 5.41) is 5.14. The minimum atomic E-state index is -0.0379. The van der Waals surface area contributed by atoms with Crippen LogP contribution < -0.4 is 10.1 Å². The van der Waals surface area contributed by atoms with E-state index in [1.165, 1.54) is 11.3 Å². The van der Waals surface area contributed by atoms with Crippen molar-refractivity contribution in [1.82, 2.24) is 15.2 Å². The maximum Gasteiger partial charge on any atom is 0.273 e. The van der Waals surface area contributed by atoms with Gasteiger partial charge in [-0.05, 0) is 6.07 Å². The molecule has 0 saturated carbocycles. The molecule has 1 aliphatic rings. The molecule has 23 heavy (non-hydrogen) atoms. The van der Waals surface area contributed by atoms with Crippen LogP contribution in [0.5, 0.6) is 5.75 Å². The first-order valence-electron chi connectivity index (χ1n) is 6.84.